The summed E-state index contributed by atoms with van der Waals surface area (Å²) < 4.78 is 121. The third kappa shape index (κ3) is 42.7. The zero-order valence-electron chi connectivity index (χ0n) is 80.2. The molecule has 19 N–H and O–H groups in total. The molecule has 0 aromatic heterocycles. The average molecular weight is 2020 g/mol. The van der Waals surface area contributed by atoms with E-state index >= 15 is 65.1 Å². The van der Waals surface area contributed by atoms with Crippen molar-refractivity contribution in [3.8, 4) is 0 Å². The van der Waals surface area contributed by atoms with Crippen LogP contribution in [0.1, 0.15) is 95.9 Å². The summed E-state index contributed by atoms with van der Waals surface area (Å²) in [4.78, 5) is 191. The Morgan fingerprint density at radius 2 is 0.372 bits per heavy atom. The molecule has 0 aliphatic carbocycles. The van der Waals surface area contributed by atoms with Crippen LogP contribution in [0, 0.1) is 68.2 Å². The smallest absolute Gasteiger partial charge is 0.242 e. The summed E-state index contributed by atoms with van der Waals surface area (Å²) in [6, 6.07) is 39.8. The number of carbonyl (C=O) groups excluding carboxylic acids is 12. The fourth-order valence-corrected chi connectivity index (χ4v) is 15.3. The van der Waals surface area contributed by atoms with E-state index in [0.29, 0.717) is 25.9 Å². The van der Waals surface area contributed by atoms with Crippen LogP contribution in [-0.2, 0) is 110 Å². The molecule has 145 heavy (non-hydrogen) atoms. The van der Waals surface area contributed by atoms with Gasteiger partial charge in [0, 0.05) is 98.2 Å². The molecule has 12 amide bonds. The number of unbranched alkanes of at least 4 members (excludes halogenated alkanes) is 4. The van der Waals surface area contributed by atoms with E-state index in [2.05, 4.69) is 26.6 Å². The van der Waals surface area contributed by atoms with Gasteiger partial charge in [0.25, 0.3) is 0 Å². The lowest BCUT2D eigenvalue weighted by atomic mass is 10.1. The number of halogens is 8. The second kappa shape index (κ2) is 59.6. The Morgan fingerprint density at radius 1 is 0.214 bits per heavy atom. The molecule has 0 spiro atoms. The molecule has 0 unspecified atom stereocenters. The molecule has 8 aromatic rings. The second-order valence-electron chi connectivity index (χ2n) is 34.3. The maximum absolute atomic E-state index is 15.7. The van der Waals surface area contributed by atoms with Gasteiger partial charge >= 0.3 is 0 Å². The van der Waals surface area contributed by atoms with Gasteiger partial charge in [-0.25, -0.2) is 35.1 Å². The largest absolute Gasteiger partial charge is 0.370 e. The lowest BCUT2D eigenvalue weighted by Crippen LogP contribution is -2.52. The zero-order chi connectivity index (χ0) is 105. The molecule has 0 atom stereocenters. The lowest BCUT2D eigenvalue weighted by Gasteiger charge is -2.33. The number of guanidine groups is 4. The van der Waals surface area contributed by atoms with Crippen molar-refractivity contribution in [2.45, 2.75) is 104 Å². The Kier molecular flexibility index (Phi) is 46.9. The molecule has 0 heterocycles. The molecule has 37 nitrogen and oxygen atoms in total. The maximum Gasteiger partial charge on any atom is 0.242 e. The lowest BCUT2D eigenvalue weighted by molar-refractivity contribution is -0.150. The van der Waals surface area contributed by atoms with Gasteiger partial charge in [0.15, 0.2) is 23.8 Å². The Hall–Kier alpha value is -16.1. The van der Waals surface area contributed by atoms with Crippen molar-refractivity contribution >= 4 is 94.7 Å². The molecule has 0 bridgehead atoms. The summed E-state index contributed by atoms with van der Waals surface area (Å²) in [5.74, 6) is -18.9. The highest BCUT2D eigenvalue weighted by Gasteiger charge is 2.35. The average Bonchev–Trinajstić information content (AvgIpc) is 0.841. The van der Waals surface area contributed by atoms with E-state index in [9.17, 15) is 27.6 Å². The first-order chi connectivity index (χ1) is 69.3. The predicted octanol–water partition coefficient (Wildman–Crippen LogP) is 4.94. The molecule has 0 radical (unpaired) electrons. The minimum absolute atomic E-state index is 0.00494. The van der Waals surface area contributed by atoms with Crippen molar-refractivity contribution in [2.75, 3.05) is 131 Å². The van der Waals surface area contributed by atoms with Gasteiger partial charge < -0.3 is 109 Å². The van der Waals surface area contributed by atoms with Gasteiger partial charge in [-0.1, -0.05) is 97.1 Å². The van der Waals surface area contributed by atoms with Gasteiger partial charge in [-0.2, -0.15) is 0 Å². The Labute approximate surface area is 834 Å². The van der Waals surface area contributed by atoms with Gasteiger partial charge in [-0.15, -0.1) is 0 Å². The van der Waals surface area contributed by atoms with Crippen molar-refractivity contribution in [1.29, 1.82) is 21.6 Å². The summed E-state index contributed by atoms with van der Waals surface area (Å²) in [6.07, 6.45) is 1.74. The highest BCUT2D eigenvalue weighted by atomic mass is 19.2. The first kappa shape index (κ1) is 114. The maximum atomic E-state index is 15.7. The molecule has 8 rings (SSSR count). The number of nitrogens with two attached hydrogens (primary N) is 5. The highest BCUT2D eigenvalue weighted by molar-refractivity contribution is 5.95. The van der Waals surface area contributed by atoms with Crippen LogP contribution in [0.25, 0.3) is 0 Å². The van der Waals surface area contributed by atoms with Crippen LogP contribution in [-0.4, -0.2) is 280 Å². The van der Waals surface area contributed by atoms with E-state index in [1.807, 2.05) is 0 Å². The van der Waals surface area contributed by atoms with Gasteiger partial charge in [-0.05, 0) is 199 Å². The van der Waals surface area contributed by atoms with Crippen LogP contribution in [0.2, 0.25) is 0 Å². The van der Waals surface area contributed by atoms with Crippen LogP contribution in [0.15, 0.2) is 194 Å². The third-order valence-corrected chi connectivity index (χ3v) is 22.5. The predicted molar refractivity (Wildman–Crippen MR) is 523 cm³/mol. The molecule has 0 fully saturated rings. The van der Waals surface area contributed by atoms with Crippen LogP contribution >= 0.6 is 0 Å². The summed E-state index contributed by atoms with van der Waals surface area (Å²) in [5, 5.41) is 44.4. The van der Waals surface area contributed by atoms with Crippen molar-refractivity contribution in [1.82, 2.24) is 80.5 Å². The number of carbonyl (C=O) groups is 12. The summed E-state index contributed by atoms with van der Waals surface area (Å²) >= 11 is 0. The van der Waals surface area contributed by atoms with Gasteiger partial charge in [0.2, 0.25) is 70.9 Å². The van der Waals surface area contributed by atoms with E-state index in [1.165, 1.54) is 103 Å². The van der Waals surface area contributed by atoms with E-state index in [1.54, 1.807) is 0 Å². The van der Waals surface area contributed by atoms with E-state index in [-0.39, 0.29) is 148 Å². The third-order valence-electron chi connectivity index (χ3n) is 22.5. The highest BCUT2D eigenvalue weighted by Crippen LogP contribution is 2.22. The molecule has 0 saturated carbocycles. The zero-order valence-corrected chi connectivity index (χ0v) is 80.2. The molecule has 0 aliphatic rings. The van der Waals surface area contributed by atoms with E-state index in [4.69, 9.17) is 50.3 Å². The van der Waals surface area contributed by atoms with Gasteiger partial charge in [0.05, 0.1) is 32.7 Å². The molecule has 45 heteroatoms. The molecular weight excluding hydrogens is 1900 g/mol. The number of nitrogens with zero attached hydrogens (tertiary/aromatic N) is 11. The molecule has 776 valence electrons. The molecule has 8 aromatic carbocycles. The fraction of sp³-hybridized carbons (Fsp3) is 0.360. The van der Waals surface area contributed by atoms with E-state index in [0.717, 1.165) is 145 Å². The van der Waals surface area contributed by atoms with Gasteiger partial charge in [0.1, 0.15) is 92.4 Å². The minimum atomic E-state index is -1.06. The second-order valence-corrected chi connectivity index (χ2v) is 34.3. The SMILES string of the molecule is N=C(N)NCCCCNCC(=O)N(CC(=O)N(CC(=O)N(CCCCNC(=N)N)CC(=O)N(CC(=O)N(CC(=O)N(CCCCNC(=N)N)CC(=O)N(CC(=O)N(CC(=O)N(CCCCNC(=N)N)CC(=O)N(CC(=O)N(CC(N)=O)Cc1cccc(F)c1)Cc1cccc(F)c1)Cc1cccc(F)c1)Cc1cccc(F)c1)Cc1cccc(F)c1)Cc1cccc(F)c1)Cc1cccc(F)c1)Cc1cccc(F)c1. The monoisotopic (exact) mass is 2020 g/mol. The number of primary amides is 1. The quantitative estimate of drug-likeness (QED) is 0.0104. The Morgan fingerprint density at radius 3 is 0.552 bits per heavy atom. The van der Waals surface area contributed by atoms with Crippen molar-refractivity contribution in [3.05, 3.63) is 285 Å². The van der Waals surface area contributed by atoms with Crippen molar-refractivity contribution in [3.63, 3.8) is 0 Å². The van der Waals surface area contributed by atoms with Crippen LogP contribution < -0.4 is 55.3 Å². The van der Waals surface area contributed by atoms with Crippen molar-refractivity contribution in [2.24, 2.45) is 28.7 Å². The topological polar surface area (TPSA) is 526 Å². The molecular formula is C100H123F8N25O12. The summed E-state index contributed by atoms with van der Waals surface area (Å²) in [6.45, 7) is -14.4. The summed E-state index contributed by atoms with van der Waals surface area (Å²) in [7, 11) is 0. The number of rotatable bonds is 60. The van der Waals surface area contributed by atoms with Gasteiger partial charge in [-0.3, -0.25) is 79.2 Å². The number of nitrogens with one attached hydrogen (secondary N) is 9. The number of amides is 12. The standard InChI is InChI=1S/C100H123F8N25O12/c101-77-25-9-17-69(41-77)50-126(58-85(109)134)93(142)66-131(55-74-22-14-30-82(106)46-74)90(139)59-123(38-6-3-35-120-98(112)113)88(137)63-129(53-72-20-12-28-80(104)44-72)95(144)68-133(57-76-24-16-32-84(108)48-76)92(141)61-125(40-8-5-37-122-100(116)117)89(138)64-130(54-73-21-13-29-81(105)45-73)96(145)67-132(56-75-23-15-31-83(107)47-75)91(140)60-124(39-7-4-36-121-99(114)115)87(136)62-128(52-71-19-11-27-79(103)43-71)94(143)65-127(51-70-18-10-26-78(102)42-70)86(135)49-118-33-1-2-34-119-97(110)111/h9-32,41-48,118H,1-8,33-40,49-68H2,(H2,109,134)(H4,110,111,119)(H4,112,113,120)(H4,114,115,121)(H4,116,117,122). The molecule has 0 aliphatic heterocycles. The summed E-state index contributed by atoms with van der Waals surface area (Å²) in [5.41, 5.74) is 28.9. The number of hydrogen-bond acceptors (Lipinski definition) is 17. The van der Waals surface area contributed by atoms with E-state index < -0.39 is 247 Å². The minimum Gasteiger partial charge on any atom is -0.370 e. The number of hydrogen-bond donors (Lipinski definition) is 14. The first-order valence-corrected chi connectivity index (χ1v) is 46.6. The molecule has 0 saturated heterocycles. The normalized spacial score (nSPS) is 10.8. The number of benzene rings is 8. The van der Waals surface area contributed by atoms with Crippen LogP contribution in [0.5, 0.6) is 0 Å². The Balaban J connectivity index is 1.13. The first-order valence-electron chi connectivity index (χ1n) is 46.6. The van der Waals surface area contributed by atoms with Crippen molar-refractivity contribution < 1.29 is 92.7 Å². The van der Waals surface area contributed by atoms with Crippen LogP contribution in [0.3, 0.4) is 0 Å². The van der Waals surface area contributed by atoms with Crippen LogP contribution in [0.4, 0.5) is 35.1 Å². The Bertz CT molecular complexity index is 5750. The fourth-order valence-electron chi connectivity index (χ4n) is 15.3.